The number of allylic oxidation sites excluding steroid dienone is 1. The Morgan fingerprint density at radius 3 is 1.44 bits per heavy atom. The van der Waals surface area contributed by atoms with Crippen molar-refractivity contribution >= 4 is 62.9 Å². The van der Waals surface area contributed by atoms with Crippen molar-refractivity contribution in [3.8, 4) is 0 Å². The molecule has 7 heteroatoms. The lowest BCUT2D eigenvalue weighted by Gasteiger charge is -2.65. The first-order valence-electron chi connectivity index (χ1n) is 12.3. The van der Waals surface area contributed by atoms with Crippen LogP contribution >= 0.6 is 15.1 Å². The van der Waals surface area contributed by atoms with E-state index in [9.17, 15) is 0 Å². The van der Waals surface area contributed by atoms with Crippen LogP contribution in [-0.4, -0.2) is 42.6 Å². The van der Waals surface area contributed by atoms with Gasteiger partial charge in [0, 0.05) is 15.2 Å². The summed E-state index contributed by atoms with van der Waals surface area (Å²) in [6.07, 6.45) is 0. The third-order valence-corrected chi connectivity index (χ3v) is 84.2. The van der Waals surface area contributed by atoms with Crippen LogP contribution in [0.25, 0.3) is 5.20 Å². The minimum absolute atomic E-state index is 0.0573. The molecule has 180 valence electrons. The van der Waals surface area contributed by atoms with Crippen LogP contribution in [0.3, 0.4) is 0 Å². The molecule has 1 aliphatic rings. The van der Waals surface area contributed by atoms with Crippen molar-refractivity contribution in [1.82, 2.24) is 0 Å². The Hall–Kier alpha value is 0.644. The summed E-state index contributed by atoms with van der Waals surface area (Å²) in [5.74, 6) is 0. The van der Waals surface area contributed by atoms with Gasteiger partial charge in [0.15, 0.2) is 0 Å². The quantitative estimate of drug-likeness (QED) is 0.243. The minimum Gasteiger partial charge on any atom is -0.0856 e. The lowest BCUT2D eigenvalue weighted by atomic mass is 9.94. The van der Waals surface area contributed by atoms with Crippen LogP contribution in [0.5, 0.6) is 0 Å². The van der Waals surface area contributed by atoms with Crippen LogP contribution in [0.15, 0.2) is 35.6 Å². The first-order chi connectivity index (χ1) is 14.1. The van der Waals surface area contributed by atoms with Gasteiger partial charge < -0.3 is 0 Å². The smallest absolute Gasteiger partial charge is 0.0856 e. The average molecular weight is 553 g/mol. The molecule has 32 heavy (non-hydrogen) atoms. The molecule has 0 saturated carbocycles. The van der Waals surface area contributed by atoms with Crippen molar-refractivity contribution in [3.63, 3.8) is 0 Å². The van der Waals surface area contributed by atoms with Gasteiger partial charge in [-0.25, -0.2) is 0 Å². The summed E-state index contributed by atoms with van der Waals surface area (Å²) in [6.45, 7) is 38.3. The molecule has 0 N–H and O–H groups in total. The number of rotatable bonds is 6. The van der Waals surface area contributed by atoms with Crippen molar-refractivity contribution in [1.29, 1.82) is 0 Å². The Kier molecular flexibility index (Phi) is 8.07. The van der Waals surface area contributed by atoms with Gasteiger partial charge in [0.25, 0.3) is 0 Å². The fourth-order valence-corrected chi connectivity index (χ4v) is 115. The van der Waals surface area contributed by atoms with Gasteiger partial charge in [0.1, 0.15) is 6.78 Å². The molecule has 0 bridgehead atoms. The summed E-state index contributed by atoms with van der Waals surface area (Å²) in [5, 5.41) is 3.85. The molecule has 0 nitrogen and oxygen atoms in total. The normalized spacial score (nSPS) is 20.4. The first kappa shape index (κ1) is 28.9. The Morgan fingerprint density at radius 2 is 1.12 bits per heavy atom. The van der Waals surface area contributed by atoms with Crippen LogP contribution in [0.2, 0.25) is 78.6 Å². The highest BCUT2D eigenvalue weighted by Crippen LogP contribution is 2.83. The van der Waals surface area contributed by atoms with Crippen molar-refractivity contribution in [2.45, 2.75) is 99.3 Å². The van der Waals surface area contributed by atoms with Crippen LogP contribution in [0, 0.1) is 5.41 Å². The van der Waals surface area contributed by atoms with E-state index in [0.717, 1.165) is 0 Å². The van der Waals surface area contributed by atoms with Gasteiger partial charge in [-0.2, -0.15) is 0 Å². The molecule has 1 aromatic carbocycles. The first-order valence-corrected chi connectivity index (χ1v) is 34.1. The Bertz CT molecular complexity index is 869. The van der Waals surface area contributed by atoms with Crippen molar-refractivity contribution in [2.24, 2.45) is 5.41 Å². The molecule has 0 amide bonds. The van der Waals surface area contributed by atoms with E-state index in [2.05, 4.69) is 134 Å². The van der Waals surface area contributed by atoms with Crippen LogP contribution in [-0.2, 0) is 0 Å². The lowest BCUT2D eigenvalue weighted by molar-refractivity contribution is 0.533. The zero-order valence-corrected chi connectivity index (χ0v) is 30.6. The lowest BCUT2D eigenvalue weighted by Crippen LogP contribution is -2.74. The highest BCUT2D eigenvalue weighted by molar-refractivity contribution is 8.52. The molecule has 0 spiro atoms. The zero-order valence-electron chi connectivity index (χ0n) is 23.8. The van der Waals surface area contributed by atoms with Crippen molar-refractivity contribution in [2.75, 3.05) is 0 Å². The molecule has 0 saturated heterocycles. The molecular weight excluding hydrogens is 503 g/mol. The van der Waals surface area contributed by atoms with Crippen LogP contribution < -0.4 is 0 Å². The Morgan fingerprint density at radius 1 is 0.719 bits per heavy atom. The monoisotopic (exact) mass is 552 g/mol. The van der Waals surface area contributed by atoms with Crippen molar-refractivity contribution in [3.05, 3.63) is 41.2 Å². The second-order valence-electron chi connectivity index (χ2n) is 14.8. The third kappa shape index (κ3) is 5.10. The molecular formula is C25H50P2Si5. The topological polar surface area (TPSA) is 0 Å². The number of hydrogen-bond donors (Lipinski definition) is 0. The summed E-state index contributed by atoms with van der Waals surface area (Å²) in [4.78, 5) is 0. The highest BCUT2D eigenvalue weighted by Gasteiger charge is 2.69. The number of benzene rings is 1. The fourth-order valence-electron chi connectivity index (χ4n) is 6.30. The van der Waals surface area contributed by atoms with E-state index in [4.69, 9.17) is 0 Å². The van der Waals surface area contributed by atoms with Gasteiger partial charge >= 0.3 is 0 Å². The highest BCUT2D eigenvalue weighted by atomic mass is 32.2. The van der Waals surface area contributed by atoms with Gasteiger partial charge in [-0.05, 0) is 28.6 Å². The van der Waals surface area contributed by atoms with E-state index in [-0.39, 0.29) is 12.6 Å². The molecule has 2 rings (SSSR count). The van der Waals surface area contributed by atoms with Crippen LogP contribution in [0.1, 0.15) is 26.3 Å². The number of hydrogen-bond acceptors (Lipinski definition) is 0. The van der Waals surface area contributed by atoms with E-state index in [1.165, 1.54) is 0 Å². The Labute approximate surface area is 208 Å². The summed E-state index contributed by atoms with van der Waals surface area (Å²) < 4.78 is 2.05. The summed E-state index contributed by atoms with van der Waals surface area (Å²) in [5.41, 5.74) is 1.86. The molecule has 0 aliphatic carbocycles. The van der Waals surface area contributed by atoms with Gasteiger partial charge in [-0.15, -0.1) is 0 Å². The van der Waals surface area contributed by atoms with E-state index in [0.29, 0.717) is 0 Å². The van der Waals surface area contributed by atoms with Gasteiger partial charge in [-0.3, -0.25) is 0 Å². The largest absolute Gasteiger partial charge is 0.114 e. The van der Waals surface area contributed by atoms with Crippen LogP contribution in [0.4, 0.5) is 0 Å². The summed E-state index contributed by atoms with van der Waals surface area (Å²) >= 11 is 0. The predicted molar refractivity (Wildman–Crippen MR) is 171 cm³/mol. The standard InChI is InChI=1S/C25H50P2Si5/c1-25(2,3)23-22(21-19-17-16-18-20-21)32(30(10,11)12,31(13,14)15)27(23)26-24(28(4,5)6)29(7,8)9/h16-20H,1-15H3. The molecule has 1 atom stereocenters. The minimum atomic E-state index is -1.61. The van der Waals surface area contributed by atoms with Gasteiger partial charge in [0.2, 0.25) is 0 Å². The summed E-state index contributed by atoms with van der Waals surface area (Å²) in [7, 11) is -3.66. The molecule has 1 aliphatic heterocycles. The predicted octanol–water partition coefficient (Wildman–Crippen LogP) is 10.0. The van der Waals surface area contributed by atoms with E-state index in [1.54, 1.807) is 5.56 Å². The van der Waals surface area contributed by atoms with Gasteiger partial charge in [0.05, 0.1) is 16.1 Å². The maximum atomic E-state index is 2.76. The average Bonchev–Trinajstić information content (AvgIpc) is 2.48. The van der Waals surface area contributed by atoms with Crippen molar-refractivity contribution < 1.29 is 0 Å². The Balaban J connectivity index is 3.10. The van der Waals surface area contributed by atoms with Gasteiger partial charge in [-0.1, -0.05) is 142 Å². The third-order valence-electron chi connectivity index (χ3n) is 6.69. The molecule has 1 unspecified atom stereocenters. The molecule has 0 radical (unpaired) electrons. The molecule has 1 aromatic rings. The molecule has 1 heterocycles. The maximum absolute atomic E-state index is 2.76. The second kappa shape index (κ2) is 8.94. The maximum Gasteiger partial charge on any atom is 0.114 e. The molecule has 0 fully saturated rings. The second-order valence-corrected chi connectivity index (χ2v) is 62.6. The molecule has 0 aromatic heterocycles. The SMILES string of the molecule is CC(C)(C)C1=C(c2ccccc2)[Si]([Si](C)(C)C)([Si](C)(C)C)P1P=C([Si](C)(C)C)[Si](C)(C)C. The van der Waals surface area contributed by atoms with E-state index < -0.39 is 38.1 Å². The van der Waals surface area contributed by atoms with E-state index in [1.807, 2.05) is 18.4 Å². The van der Waals surface area contributed by atoms with E-state index >= 15 is 0 Å². The zero-order chi connectivity index (χ0) is 25.1. The summed E-state index contributed by atoms with van der Waals surface area (Å²) in [6, 6.07) is 11.7. The fraction of sp³-hybridized carbons (Fsp3) is 0.640.